The molecule has 0 aromatic carbocycles. The zero-order valence-corrected chi connectivity index (χ0v) is 14.1. The van der Waals surface area contributed by atoms with Gasteiger partial charge in [0.2, 0.25) is 0 Å². The van der Waals surface area contributed by atoms with Crippen LogP contribution in [0.2, 0.25) is 0 Å². The monoisotopic (exact) mass is 346 g/mol. The number of fused-ring (bicyclic) bond motifs is 1. The second kappa shape index (κ2) is 5.90. The molecule has 0 spiro atoms. The van der Waals surface area contributed by atoms with Gasteiger partial charge >= 0.3 is 5.97 Å². The summed E-state index contributed by atoms with van der Waals surface area (Å²) in [4.78, 5) is 15.1. The average molecular weight is 346 g/mol. The number of hydrogen-bond acceptors (Lipinski definition) is 7. The summed E-state index contributed by atoms with van der Waals surface area (Å²) in [7, 11) is 0. The van der Waals surface area contributed by atoms with E-state index in [0.717, 1.165) is 17.7 Å². The molecule has 3 aromatic rings. The Morgan fingerprint density at radius 2 is 2.30 bits per heavy atom. The molecule has 0 N–H and O–H groups in total. The quantitative estimate of drug-likeness (QED) is 0.660. The van der Waals surface area contributed by atoms with E-state index in [2.05, 4.69) is 10.2 Å². The maximum atomic E-state index is 12.3. The third-order valence-corrected chi connectivity index (χ3v) is 5.83. The van der Waals surface area contributed by atoms with Gasteiger partial charge in [-0.05, 0) is 49.3 Å². The van der Waals surface area contributed by atoms with Crippen molar-refractivity contribution in [1.29, 1.82) is 0 Å². The molecule has 118 valence electrons. The smallest absolute Gasteiger partial charge is 0.349 e. The minimum atomic E-state index is -0.569. The van der Waals surface area contributed by atoms with Crippen LogP contribution in [0.4, 0.5) is 0 Å². The van der Waals surface area contributed by atoms with E-state index in [1.54, 1.807) is 6.92 Å². The van der Waals surface area contributed by atoms with Crippen LogP contribution >= 0.6 is 22.7 Å². The minimum absolute atomic E-state index is 0.311. The molecule has 0 saturated heterocycles. The number of carbonyl (C=O) groups is 1. The maximum absolute atomic E-state index is 12.3. The molecular weight excluding hydrogens is 332 g/mol. The first-order chi connectivity index (χ1) is 11.2. The van der Waals surface area contributed by atoms with Gasteiger partial charge in [0.25, 0.3) is 11.8 Å². The topological polar surface area (TPSA) is 65.2 Å². The molecular formula is C16H14N2O3S2. The highest BCUT2D eigenvalue weighted by molar-refractivity contribution is 7.14. The van der Waals surface area contributed by atoms with Crippen molar-refractivity contribution >= 4 is 28.6 Å². The van der Waals surface area contributed by atoms with Crippen molar-refractivity contribution in [2.24, 2.45) is 0 Å². The average Bonchev–Trinajstić information content (AvgIpc) is 3.28. The lowest BCUT2D eigenvalue weighted by molar-refractivity contribution is 0.0285. The number of ether oxygens (including phenoxy) is 1. The molecule has 1 unspecified atom stereocenters. The van der Waals surface area contributed by atoms with Gasteiger partial charge in [0.1, 0.15) is 4.88 Å². The van der Waals surface area contributed by atoms with Gasteiger partial charge in [-0.2, -0.15) is 0 Å². The van der Waals surface area contributed by atoms with E-state index in [9.17, 15) is 4.79 Å². The van der Waals surface area contributed by atoms with Gasteiger partial charge in [-0.1, -0.05) is 6.07 Å². The van der Waals surface area contributed by atoms with E-state index in [0.29, 0.717) is 16.7 Å². The van der Waals surface area contributed by atoms with Crippen molar-refractivity contribution < 1.29 is 13.9 Å². The molecule has 1 atom stereocenters. The molecule has 0 aliphatic heterocycles. The van der Waals surface area contributed by atoms with Crippen molar-refractivity contribution in [2.75, 3.05) is 0 Å². The number of aromatic nitrogens is 2. The second-order valence-corrected chi connectivity index (χ2v) is 7.47. The number of nitrogens with zero attached hydrogens (tertiary/aromatic N) is 2. The first kappa shape index (κ1) is 14.6. The standard InChI is InChI=1S/C16H14N2O3S2/c1-9(14-17-18-15(21-14)12-6-3-7-22-12)20-16(19)13-8-10-4-2-5-11(10)23-13/h3,6-9H,2,4-5H2,1H3. The fourth-order valence-electron chi connectivity index (χ4n) is 2.60. The summed E-state index contributed by atoms with van der Waals surface area (Å²) in [5, 5.41) is 9.93. The van der Waals surface area contributed by atoms with E-state index in [1.165, 1.54) is 39.5 Å². The Labute approximate surface area is 140 Å². The lowest BCUT2D eigenvalue weighted by Crippen LogP contribution is -2.08. The number of aryl methyl sites for hydroxylation is 2. The predicted octanol–water partition coefficient (Wildman–Crippen LogP) is 4.27. The van der Waals surface area contributed by atoms with Crippen LogP contribution in [-0.4, -0.2) is 16.2 Å². The number of hydrogen-bond donors (Lipinski definition) is 0. The maximum Gasteiger partial charge on any atom is 0.349 e. The molecule has 0 saturated carbocycles. The van der Waals surface area contributed by atoms with Crippen LogP contribution < -0.4 is 0 Å². The molecule has 7 heteroatoms. The zero-order valence-electron chi connectivity index (χ0n) is 12.4. The Hall–Kier alpha value is -1.99. The summed E-state index contributed by atoms with van der Waals surface area (Å²) < 4.78 is 11.1. The van der Waals surface area contributed by atoms with Crippen molar-refractivity contribution in [3.05, 3.63) is 44.8 Å². The third kappa shape index (κ3) is 2.82. The Balaban J connectivity index is 1.46. The first-order valence-corrected chi connectivity index (χ1v) is 9.10. The van der Waals surface area contributed by atoms with Crippen molar-refractivity contribution in [1.82, 2.24) is 10.2 Å². The summed E-state index contributed by atoms with van der Waals surface area (Å²) in [6.07, 6.45) is 2.74. The van der Waals surface area contributed by atoms with Gasteiger partial charge in [0, 0.05) is 4.88 Å². The third-order valence-electron chi connectivity index (χ3n) is 3.75. The van der Waals surface area contributed by atoms with Gasteiger partial charge in [-0.15, -0.1) is 32.9 Å². The fraction of sp³-hybridized carbons (Fsp3) is 0.312. The van der Waals surface area contributed by atoms with Gasteiger partial charge in [0.15, 0.2) is 6.10 Å². The van der Waals surface area contributed by atoms with Gasteiger partial charge in [-0.3, -0.25) is 0 Å². The van der Waals surface area contributed by atoms with Crippen LogP contribution in [0.1, 0.15) is 45.5 Å². The van der Waals surface area contributed by atoms with Crippen LogP contribution in [0.3, 0.4) is 0 Å². The molecule has 1 aliphatic carbocycles. The fourth-order valence-corrected chi connectivity index (χ4v) is 4.38. The number of carbonyl (C=O) groups excluding carboxylic acids is 1. The Kier molecular flexibility index (Phi) is 3.74. The molecule has 1 aliphatic rings. The van der Waals surface area contributed by atoms with Crippen LogP contribution in [0.25, 0.3) is 10.8 Å². The van der Waals surface area contributed by atoms with Crippen molar-refractivity contribution in [2.45, 2.75) is 32.3 Å². The number of rotatable bonds is 4. The highest BCUT2D eigenvalue weighted by Crippen LogP contribution is 2.32. The molecule has 5 nitrogen and oxygen atoms in total. The normalized spacial score (nSPS) is 14.7. The summed E-state index contributed by atoms with van der Waals surface area (Å²) in [6.45, 7) is 1.74. The van der Waals surface area contributed by atoms with E-state index in [1.807, 2.05) is 23.6 Å². The predicted molar refractivity (Wildman–Crippen MR) is 87.8 cm³/mol. The molecule has 0 radical (unpaired) electrons. The Morgan fingerprint density at radius 3 is 3.09 bits per heavy atom. The highest BCUT2D eigenvalue weighted by Gasteiger charge is 2.23. The zero-order chi connectivity index (χ0) is 15.8. The van der Waals surface area contributed by atoms with Crippen molar-refractivity contribution in [3.63, 3.8) is 0 Å². The van der Waals surface area contributed by atoms with Crippen molar-refractivity contribution in [3.8, 4) is 10.8 Å². The molecule has 3 heterocycles. The summed E-state index contributed by atoms with van der Waals surface area (Å²) in [6, 6.07) is 5.78. The van der Waals surface area contributed by atoms with Gasteiger partial charge in [-0.25, -0.2) is 4.79 Å². The van der Waals surface area contributed by atoms with E-state index in [4.69, 9.17) is 9.15 Å². The SMILES string of the molecule is CC(OC(=O)c1cc2c(s1)CCC2)c1nnc(-c2cccs2)o1. The largest absolute Gasteiger partial charge is 0.448 e. The van der Waals surface area contributed by atoms with Gasteiger partial charge in [0.05, 0.1) is 4.88 Å². The minimum Gasteiger partial charge on any atom is -0.448 e. The van der Waals surface area contributed by atoms with Crippen LogP contribution in [-0.2, 0) is 17.6 Å². The lowest BCUT2D eigenvalue weighted by atomic mass is 10.2. The van der Waals surface area contributed by atoms with E-state index >= 15 is 0 Å². The first-order valence-electron chi connectivity index (χ1n) is 7.40. The second-order valence-electron chi connectivity index (χ2n) is 5.38. The summed E-state index contributed by atoms with van der Waals surface area (Å²) in [5.74, 6) is 0.437. The molecule has 23 heavy (non-hydrogen) atoms. The van der Waals surface area contributed by atoms with E-state index in [-0.39, 0.29) is 5.97 Å². The van der Waals surface area contributed by atoms with Crippen LogP contribution in [0.15, 0.2) is 28.0 Å². The molecule has 4 rings (SSSR count). The molecule has 0 bridgehead atoms. The van der Waals surface area contributed by atoms with E-state index < -0.39 is 6.10 Å². The number of thiophene rings is 2. The Bertz CT molecular complexity index is 814. The van der Waals surface area contributed by atoms with Crippen LogP contribution in [0, 0.1) is 0 Å². The molecule has 0 fully saturated rings. The highest BCUT2D eigenvalue weighted by atomic mass is 32.1. The van der Waals surface area contributed by atoms with Gasteiger partial charge < -0.3 is 9.15 Å². The van der Waals surface area contributed by atoms with Crippen LogP contribution in [0.5, 0.6) is 0 Å². The summed E-state index contributed by atoms with van der Waals surface area (Å²) >= 11 is 3.05. The Morgan fingerprint density at radius 1 is 1.39 bits per heavy atom. The molecule has 0 amide bonds. The summed E-state index contributed by atoms with van der Waals surface area (Å²) in [5.41, 5.74) is 1.28. The lowest BCUT2D eigenvalue weighted by Gasteiger charge is -2.07. The number of esters is 1. The molecule has 3 aromatic heterocycles.